The number of pyridine rings is 1. The predicted octanol–water partition coefficient (Wildman–Crippen LogP) is 1.91. The monoisotopic (exact) mass is 197 g/mol. The van der Waals surface area contributed by atoms with Crippen molar-refractivity contribution in [3.8, 4) is 0 Å². The van der Waals surface area contributed by atoms with Gasteiger partial charge < -0.3 is 10.2 Å². The Bertz CT molecular complexity index is 286. The van der Waals surface area contributed by atoms with Crippen LogP contribution in [0.15, 0.2) is 17.3 Å². The fourth-order valence-corrected chi connectivity index (χ4v) is 1.66. The number of nitrogens with zero attached hydrogens (tertiary/aromatic N) is 2. The van der Waals surface area contributed by atoms with Crippen LogP contribution in [0.5, 0.6) is 0 Å². The summed E-state index contributed by atoms with van der Waals surface area (Å²) in [6.07, 6.45) is 3.88. The topological polar surface area (TPSA) is 28.2 Å². The van der Waals surface area contributed by atoms with Crippen LogP contribution in [0.3, 0.4) is 0 Å². The summed E-state index contributed by atoms with van der Waals surface area (Å²) in [5.41, 5.74) is 2.20. The summed E-state index contributed by atoms with van der Waals surface area (Å²) in [5, 5.41) is 4.13. The molecule has 0 radical (unpaired) electrons. The molecule has 1 aromatic heterocycles. The molecule has 1 rings (SSSR count). The largest absolute Gasteiger partial charge is 0.387 e. The van der Waals surface area contributed by atoms with Crippen molar-refractivity contribution in [2.24, 2.45) is 0 Å². The molecule has 0 atom stereocenters. The van der Waals surface area contributed by atoms with Crippen LogP contribution in [-0.2, 0) is 0 Å². The SMILES string of the molecule is CNc1cnc(SC)c(N(C)C)c1. The van der Waals surface area contributed by atoms with Crippen molar-refractivity contribution in [1.82, 2.24) is 4.98 Å². The molecule has 0 saturated heterocycles. The van der Waals surface area contributed by atoms with Gasteiger partial charge in [-0.2, -0.15) is 0 Å². The number of anilines is 2. The van der Waals surface area contributed by atoms with Crippen LogP contribution in [0, 0.1) is 0 Å². The standard InChI is InChI=1S/C9H15N3S/c1-10-7-5-8(12(2)3)9(13-4)11-6-7/h5-6,10H,1-4H3. The molecule has 1 heterocycles. The van der Waals surface area contributed by atoms with E-state index in [0.717, 1.165) is 16.4 Å². The number of thioether (sulfide) groups is 1. The van der Waals surface area contributed by atoms with E-state index in [-0.39, 0.29) is 0 Å². The highest BCUT2D eigenvalue weighted by atomic mass is 32.2. The number of aromatic nitrogens is 1. The molecule has 0 aliphatic carbocycles. The van der Waals surface area contributed by atoms with Crippen molar-refractivity contribution in [3.05, 3.63) is 12.3 Å². The molecule has 4 heteroatoms. The lowest BCUT2D eigenvalue weighted by Crippen LogP contribution is -2.11. The van der Waals surface area contributed by atoms with Crippen LogP contribution in [-0.4, -0.2) is 32.4 Å². The molecule has 3 nitrogen and oxygen atoms in total. The molecule has 72 valence electrons. The quantitative estimate of drug-likeness (QED) is 0.749. The summed E-state index contributed by atoms with van der Waals surface area (Å²) in [5.74, 6) is 0. The molecular formula is C9H15N3S. The van der Waals surface area contributed by atoms with Gasteiger partial charge in [0.1, 0.15) is 5.03 Å². The fourth-order valence-electron chi connectivity index (χ4n) is 1.05. The molecule has 13 heavy (non-hydrogen) atoms. The third kappa shape index (κ3) is 2.28. The molecule has 0 amide bonds. The average Bonchev–Trinajstić information content (AvgIpc) is 2.16. The van der Waals surface area contributed by atoms with Gasteiger partial charge in [0.15, 0.2) is 0 Å². The molecule has 0 unspecified atom stereocenters. The van der Waals surface area contributed by atoms with Gasteiger partial charge in [-0.25, -0.2) is 4.98 Å². The Hall–Kier alpha value is -0.900. The minimum atomic E-state index is 1.04. The van der Waals surface area contributed by atoms with E-state index in [1.807, 2.05) is 33.6 Å². The second kappa shape index (κ2) is 4.37. The average molecular weight is 197 g/mol. The first-order chi connectivity index (χ1) is 6.19. The summed E-state index contributed by atoms with van der Waals surface area (Å²) in [6.45, 7) is 0. The lowest BCUT2D eigenvalue weighted by molar-refractivity contribution is 1.03. The molecular weight excluding hydrogens is 182 g/mol. The summed E-state index contributed by atoms with van der Waals surface area (Å²) in [7, 11) is 5.95. The zero-order chi connectivity index (χ0) is 9.84. The van der Waals surface area contributed by atoms with Crippen molar-refractivity contribution >= 4 is 23.1 Å². The maximum atomic E-state index is 4.35. The van der Waals surface area contributed by atoms with E-state index < -0.39 is 0 Å². The second-order valence-electron chi connectivity index (χ2n) is 2.90. The highest BCUT2D eigenvalue weighted by Gasteiger charge is 2.05. The van der Waals surface area contributed by atoms with Gasteiger partial charge in [-0.1, -0.05) is 0 Å². The third-order valence-corrected chi connectivity index (χ3v) is 2.50. The van der Waals surface area contributed by atoms with Crippen LogP contribution in [0.2, 0.25) is 0 Å². The Labute approximate surface area is 83.5 Å². The van der Waals surface area contributed by atoms with E-state index in [9.17, 15) is 0 Å². The number of rotatable bonds is 3. The van der Waals surface area contributed by atoms with Crippen molar-refractivity contribution in [2.75, 3.05) is 37.6 Å². The van der Waals surface area contributed by atoms with Crippen LogP contribution in [0.25, 0.3) is 0 Å². The number of hydrogen-bond donors (Lipinski definition) is 1. The molecule has 0 spiro atoms. The van der Waals surface area contributed by atoms with Gasteiger partial charge in [-0.3, -0.25) is 0 Å². The molecule has 0 saturated carbocycles. The van der Waals surface area contributed by atoms with Gasteiger partial charge in [0.25, 0.3) is 0 Å². The Morgan fingerprint density at radius 2 is 2.15 bits per heavy atom. The first-order valence-electron chi connectivity index (χ1n) is 4.08. The van der Waals surface area contributed by atoms with Gasteiger partial charge in [-0.15, -0.1) is 11.8 Å². The molecule has 0 aliphatic heterocycles. The van der Waals surface area contributed by atoms with E-state index in [1.54, 1.807) is 11.8 Å². The Morgan fingerprint density at radius 1 is 1.46 bits per heavy atom. The zero-order valence-electron chi connectivity index (χ0n) is 8.46. The number of hydrogen-bond acceptors (Lipinski definition) is 4. The van der Waals surface area contributed by atoms with E-state index >= 15 is 0 Å². The summed E-state index contributed by atoms with van der Waals surface area (Å²) >= 11 is 1.66. The fraction of sp³-hybridized carbons (Fsp3) is 0.444. The van der Waals surface area contributed by atoms with Crippen molar-refractivity contribution in [2.45, 2.75) is 5.03 Å². The van der Waals surface area contributed by atoms with E-state index in [4.69, 9.17) is 0 Å². The van der Waals surface area contributed by atoms with E-state index in [2.05, 4.69) is 21.3 Å². The molecule has 0 bridgehead atoms. The van der Waals surface area contributed by atoms with Crippen molar-refractivity contribution in [1.29, 1.82) is 0 Å². The highest BCUT2D eigenvalue weighted by Crippen LogP contribution is 2.27. The minimum absolute atomic E-state index is 1.04. The molecule has 1 N–H and O–H groups in total. The summed E-state index contributed by atoms with van der Waals surface area (Å²) in [4.78, 5) is 6.42. The van der Waals surface area contributed by atoms with Crippen LogP contribution >= 0.6 is 11.8 Å². The van der Waals surface area contributed by atoms with E-state index in [1.165, 1.54) is 0 Å². The third-order valence-electron chi connectivity index (χ3n) is 1.80. The molecule has 0 aromatic carbocycles. The van der Waals surface area contributed by atoms with Crippen LogP contribution < -0.4 is 10.2 Å². The predicted molar refractivity (Wildman–Crippen MR) is 59.9 cm³/mol. The summed E-state index contributed by atoms with van der Waals surface area (Å²) < 4.78 is 0. The molecule has 0 fully saturated rings. The second-order valence-corrected chi connectivity index (χ2v) is 3.69. The first kappa shape index (κ1) is 10.2. The lowest BCUT2D eigenvalue weighted by atomic mass is 10.3. The van der Waals surface area contributed by atoms with Crippen LogP contribution in [0.1, 0.15) is 0 Å². The van der Waals surface area contributed by atoms with Crippen molar-refractivity contribution < 1.29 is 0 Å². The van der Waals surface area contributed by atoms with E-state index in [0.29, 0.717) is 0 Å². The van der Waals surface area contributed by atoms with Crippen LogP contribution in [0.4, 0.5) is 11.4 Å². The minimum Gasteiger partial charge on any atom is -0.387 e. The number of nitrogens with one attached hydrogen (secondary N) is 1. The van der Waals surface area contributed by atoms with Gasteiger partial charge in [0, 0.05) is 21.1 Å². The maximum absolute atomic E-state index is 4.35. The van der Waals surface area contributed by atoms with Crippen molar-refractivity contribution in [3.63, 3.8) is 0 Å². The maximum Gasteiger partial charge on any atom is 0.119 e. The lowest BCUT2D eigenvalue weighted by Gasteiger charge is -2.16. The first-order valence-corrected chi connectivity index (χ1v) is 5.30. The Morgan fingerprint density at radius 3 is 2.62 bits per heavy atom. The molecule has 1 aromatic rings. The highest BCUT2D eigenvalue weighted by molar-refractivity contribution is 7.98. The normalized spacial score (nSPS) is 9.85. The van der Waals surface area contributed by atoms with Gasteiger partial charge in [0.05, 0.1) is 17.6 Å². The smallest absolute Gasteiger partial charge is 0.119 e. The summed E-state index contributed by atoms with van der Waals surface area (Å²) in [6, 6.07) is 2.10. The van der Waals surface area contributed by atoms with Gasteiger partial charge in [-0.05, 0) is 12.3 Å². The van der Waals surface area contributed by atoms with Gasteiger partial charge >= 0.3 is 0 Å². The molecule has 0 aliphatic rings. The zero-order valence-corrected chi connectivity index (χ0v) is 9.27. The Balaban J connectivity index is 3.10. The Kier molecular flexibility index (Phi) is 3.42. The van der Waals surface area contributed by atoms with Gasteiger partial charge in [0.2, 0.25) is 0 Å².